The average molecular weight is 378 g/mol. The molecule has 3 heteroatoms. The van der Waals surface area contributed by atoms with E-state index in [1.807, 2.05) is 0 Å². The lowest BCUT2D eigenvalue weighted by Gasteiger charge is -2.19. The summed E-state index contributed by atoms with van der Waals surface area (Å²) in [6.45, 7) is 2.47. The molecule has 27 heavy (non-hydrogen) atoms. The summed E-state index contributed by atoms with van der Waals surface area (Å²) < 4.78 is 0. The van der Waals surface area contributed by atoms with Crippen molar-refractivity contribution in [2.75, 3.05) is 13.2 Å². The Bertz CT molecular complexity index is 446. The first kappa shape index (κ1) is 24.1. The van der Waals surface area contributed by atoms with Crippen LogP contribution in [-0.2, 0) is 6.42 Å². The molecule has 0 bridgehead atoms. The SMILES string of the molecule is CCCCCCCCCCCCc1ccc(C(N)CC(CO)CCO)cc1. The fraction of sp³-hybridized carbons (Fsp3) is 0.750. The van der Waals surface area contributed by atoms with Crippen LogP contribution in [0.5, 0.6) is 0 Å². The highest BCUT2D eigenvalue weighted by molar-refractivity contribution is 5.25. The molecule has 0 amide bonds. The predicted octanol–water partition coefficient (Wildman–Crippen LogP) is 5.53. The van der Waals surface area contributed by atoms with Gasteiger partial charge < -0.3 is 15.9 Å². The van der Waals surface area contributed by atoms with Crippen LogP contribution in [0.4, 0.5) is 0 Å². The minimum Gasteiger partial charge on any atom is -0.396 e. The Morgan fingerprint density at radius 3 is 1.89 bits per heavy atom. The van der Waals surface area contributed by atoms with E-state index in [-0.39, 0.29) is 25.2 Å². The molecular formula is C24H43NO2. The molecule has 0 heterocycles. The molecule has 2 atom stereocenters. The van der Waals surface area contributed by atoms with Gasteiger partial charge in [0.1, 0.15) is 0 Å². The van der Waals surface area contributed by atoms with Gasteiger partial charge in [-0.1, -0.05) is 89.0 Å². The maximum atomic E-state index is 9.35. The van der Waals surface area contributed by atoms with E-state index in [9.17, 15) is 5.11 Å². The van der Waals surface area contributed by atoms with Crippen LogP contribution in [0.3, 0.4) is 0 Å². The zero-order chi connectivity index (χ0) is 19.7. The van der Waals surface area contributed by atoms with Crippen LogP contribution in [-0.4, -0.2) is 23.4 Å². The summed E-state index contributed by atoms with van der Waals surface area (Å²) in [7, 11) is 0. The smallest absolute Gasteiger partial charge is 0.0460 e. The molecule has 156 valence electrons. The van der Waals surface area contributed by atoms with Gasteiger partial charge in [-0.2, -0.15) is 0 Å². The number of aliphatic hydroxyl groups excluding tert-OH is 2. The van der Waals surface area contributed by atoms with E-state index in [1.54, 1.807) is 0 Å². The monoisotopic (exact) mass is 377 g/mol. The Balaban J connectivity index is 2.15. The Kier molecular flexibility index (Phi) is 14.4. The standard InChI is InChI=1S/C24H43NO2/c1-2-3-4-5-6-7-8-9-10-11-12-21-13-15-23(16-14-21)24(25)19-22(20-27)17-18-26/h13-16,22,24,26-27H,2-12,17-20,25H2,1H3. The fourth-order valence-electron chi connectivity index (χ4n) is 3.71. The molecule has 0 saturated carbocycles. The Morgan fingerprint density at radius 1 is 0.815 bits per heavy atom. The van der Waals surface area contributed by atoms with Crippen molar-refractivity contribution < 1.29 is 10.2 Å². The summed E-state index contributed by atoms with van der Waals surface area (Å²) in [5.74, 6) is 0.0799. The van der Waals surface area contributed by atoms with Gasteiger partial charge in [0.2, 0.25) is 0 Å². The third-order valence-electron chi connectivity index (χ3n) is 5.61. The number of aryl methyl sites for hydroxylation is 1. The molecule has 1 aromatic carbocycles. The van der Waals surface area contributed by atoms with E-state index >= 15 is 0 Å². The number of aliphatic hydroxyl groups is 2. The third kappa shape index (κ3) is 11.5. The van der Waals surface area contributed by atoms with Crippen molar-refractivity contribution in [3.63, 3.8) is 0 Å². The predicted molar refractivity (Wildman–Crippen MR) is 116 cm³/mol. The molecule has 0 aliphatic heterocycles. The summed E-state index contributed by atoms with van der Waals surface area (Å²) in [6.07, 6.45) is 16.2. The lowest BCUT2D eigenvalue weighted by Crippen LogP contribution is -2.18. The molecule has 0 fully saturated rings. The van der Waals surface area contributed by atoms with Crippen molar-refractivity contribution in [3.05, 3.63) is 35.4 Å². The molecule has 0 radical (unpaired) electrons. The number of rotatable bonds is 17. The van der Waals surface area contributed by atoms with Crippen molar-refractivity contribution in [2.45, 2.75) is 96.4 Å². The van der Waals surface area contributed by atoms with Gasteiger partial charge in [0, 0.05) is 19.3 Å². The van der Waals surface area contributed by atoms with Gasteiger partial charge in [-0.3, -0.25) is 0 Å². The summed E-state index contributed by atoms with van der Waals surface area (Å²) in [4.78, 5) is 0. The fourth-order valence-corrected chi connectivity index (χ4v) is 3.71. The van der Waals surface area contributed by atoms with Gasteiger partial charge >= 0.3 is 0 Å². The first-order valence-corrected chi connectivity index (χ1v) is 11.3. The highest BCUT2D eigenvalue weighted by Crippen LogP contribution is 2.22. The second-order valence-corrected chi connectivity index (χ2v) is 8.08. The minimum atomic E-state index is -0.0694. The van der Waals surface area contributed by atoms with E-state index in [0.717, 1.165) is 18.4 Å². The van der Waals surface area contributed by atoms with Gasteiger partial charge in [-0.15, -0.1) is 0 Å². The number of hydrogen-bond acceptors (Lipinski definition) is 3. The van der Waals surface area contributed by atoms with E-state index in [0.29, 0.717) is 6.42 Å². The Labute approximate surface area is 167 Å². The summed E-state index contributed by atoms with van der Waals surface area (Å²) >= 11 is 0. The van der Waals surface area contributed by atoms with Crippen LogP contribution in [0.2, 0.25) is 0 Å². The highest BCUT2D eigenvalue weighted by atomic mass is 16.3. The number of unbranched alkanes of at least 4 members (excludes halogenated alkanes) is 9. The third-order valence-corrected chi connectivity index (χ3v) is 5.61. The Hall–Kier alpha value is -0.900. The van der Waals surface area contributed by atoms with Gasteiger partial charge in [0.15, 0.2) is 0 Å². The molecule has 0 aromatic heterocycles. The molecule has 2 unspecified atom stereocenters. The topological polar surface area (TPSA) is 66.5 Å². The normalized spacial score (nSPS) is 13.6. The first-order valence-electron chi connectivity index (χ1n) is 11.3. The minimum absolute atomic E-state index is 0.0694. The van der Waals surface area contributed by atoms with Crippen molar-refractivity contribution >= 4 is 0 Å². The van der Waals surface area contributed by atoms with E-state index < -0.39 is 0 Å². The van der Waals surface area contributed by atoms with Crippen LogP contribution in [0.1, 0.15) is 101 Å². The molecule has 1 aromatic rings. The first-order chi connectivity index (χ1) is 13.2. The van der Waals surface area contributed by atoms with Gasteiger partial charge in [0.25, 0.3) is 0 Å². The molecule has 3 nitrogen and oxygen atoms in total. The number of benzene rings is 1. The highest BCUT2D eigenvalue weighted by Gasteiger charge is 2.14. The second-order valence-electron chi connectivity index (χ2n) is 8.08. The zero-order valence-corrected chi connectivity index (χ0v) is 17.5. The molecular weight excluding hydrogens is 334 g/mol. The van der Waals surface area contributed by atoms with Gasteiger partial charge in [0.05, 0.1) is 0 Å². The summed E-state index contributed by atoms with van der Waals surface area (Å²) in [6, 6.07) is 8.58. The lowest BCUT2D eigenvalue weighted by molar-refractivity contribution is 0.171. The van der Waals surface area contributed by atoms with Crippen molar-refractivity contribution in [1.29, 1.82) is 0 Å². The van der Waals surface area contributed by atoms with E-state index in [2.05, 4.69) is 31.2 Å². The van der Waals surface area contributed by atoms with Crippen LogP contribution >= 0.6 is 0 Å². The van der Waals surface area contributed by atoms with Crippen molar-refractivity contribution in [3.8, 4) is 0 Å². The molecule has 1 rings (SSSR count). The summed E-state index contributed by atoms with van der Waals surface area (Å²) in [5.41, 5.74) is 8.78. The maximum Gasteiger partial charge on any atom is 0.0460 e. The van der Waals surface area contributed by atoms with Crippen LogP contribution < -0.4 is 5.73 Å². The van der Waals surface area contributed by atoms with E-state index in [1.165, 1.54) is 69.8 Å². The van der Waals surface area contributed by atoms with Crippen molar-refractivity contribution in [2.24, 2.45) is 11.7 Å². The summed E-state index contributed by atoms with van der Waals surface area (Å²) in [5, 5.41) is 18.4. The average Bonchev–Trinajstić information content (AvgIpc) is 2.69. The van der Waals surface area contributed by atoms with Crippen LogP contribution in [0.15, 0.2) is 24.3 Å². The molecule has 0 aliphatic carbocycles. The van der Waals surface area contributed by atoms with Crippen LogP contribution in [0.25, 0.3) is 0 Å². The zero-order valence-electron chi connectivity index (χ0n) is 17.5. The quantitative estimate of drug-likeness (QED) is 0.313. The maximum absolute atomic E-state index is 9.35. The number of nitrogens with two attached hydrogens (primary N) is 1. The lowest BCUT2D eigenvalue weighted by atomic mass is 9.93. The largest absolute Gasteiger partial charge is 0.396 e. The molecule has 0 saturated heterocycles. The van der Waals surface area contributed by atoms with Gasteiger partial charge in [-0.25, -0.2) is 0 Å². The molecule has 0 spiro atoms. The second kappa shape index (κ2) is 16.1. The molecule has 0 aliphatic rings. The van der Waals surface area contributed by atoms with Crippen LogP contribution in [0, 0.1) is 5.92 Å². The van der Waals surface area contributed by atoms with E-state index in [4.69, 9.17) is 10.8 Å². The Morgan fingerprint density at radius 2 is 1.37 bits per heavy atom. The number of hydrogen-bond donors (Lipinski definition) is 3. The molecule has 4 N–H and O–H groups in total. The van der Waals surface area contributed by atoms with Crippen molar-refractivity contribution in [1.82, 2.24) is 0 Å². The van der Waals surface area contributed by atoms with Gasteiger partial charge in [-0.05, 0) is 42.7 Å².